The van der Waals surface area contributed by atoms with E-state index < -0.39 is 0 Å². The van der Waals surface area contributed by atoms with Gasteiger partial charge in [0, 0.05) is 24.3 Å². The van der Waals surface area contributed by atoms with Crippen LogP contribution in [0.2, 0.25) is 0 Å². The number of halogens is 1. The zero-order valence-electron chi connectivity index (χ0n) is 13.0. The Morgan fingerprint density at radius 2 is 2.25 bits per heavy atom. The molecule has 0 radical (unpaired) electrons. The van der Waals surface area contributed by atoms with Gasteiger partial charge in [0.25, 0.3) is 5.91 Å². The van der Waals surface area contributed by atoms with E-state index in [0.29, 0.717) is 29.6 Å². The fraction of sp³-hybridized carbons (Fsp3) is 0.294. The van der Waals surface area contributed by atoms with Crippen LogP contribution in [-0.4, -0.2) is 43.4 Å². The van der Waals surface area contributed by atoms with E-state index in [4.69, 9.17) is 0 Å². The molecule has 0 N–H and O–H groups in total. The molecule has 3 heterocycles. The summed E-state index contributed by atoms with van der Waals surface area (Å²) in [6.45, 7) is 1.33. The van der Waals surface area contributed by atoms with Crippen molar-refractivity contribution in [3.05, 3.63) is 54.2 Å². The first-order chi connectivity index (χ1) is 11.7. The molecule has 1 amide bonds. The van der Waals surface area contributed by atoms with Gasteiger partial charge in [-0.05, 0) is 37.1 Å². The second kappa shape index (κ2) is 5.99. The number of hydrogen-bond donors (Lipinski definition) is 0. The van der Waals surface area contributed by atoms with Crippen molar-refractivity contribution in [3.8, 4) is 0 Å². The Hall–Kier alpha value is -2.83. The number of amides is 1. The average Bonchev–Trinajstić information content (AvgIpc) is 3.26. The van der Waals surface area contributed by atoms with Crippen LogP contribution in [0.15, 0.2) is 42.9 Å². The minimum Gasteiger partial charge on any atom is -0.334 e. The van der Waals surface area contributed by atoms with Gasteiger partial charge in [-0.25, -0.2) is 4.39 Å². The van der Waals surface area contributed by atoms with Gasteiger partial charge >= 0.3 is 0 Å². The minimum absolute atomic E-state index is 0.0729. The van der Waals surface area contributed by atoms with Crippen LogP contribution in [0.5, 0.6) is 0 Å². The average molecular weight is 325 g/mol. The molecule has 24 heavy (non-hydrogen) atoms. The molecule has 1 fully saturated rings. The van der Waals surface area contributed by atoms with Gasteiger partial charge in [0.2, 0.25) is 0 Å². The van der Waals surface area contributed by atoms with E-state index in [0.717, 1.165) is 12.8 Å². The molecule has 1 saturated heterocycles. The normalized spacial score (nSPS) is 17.5. The Morgan fingerprint density at radius 1 is 1.33 bits per heavy atom. The number of pyridine rings is 1. The van der Waals surface area contributed by atoms with E-state index in [9.17, 15) is 9.18 Å². The highest BCUT2D eigenvalue weighted by molar-refractivity contribution is 5.97. The lowest BCUT2D eigenvalue weighted by Gasteiger charge is -2.24. The topological polar surface area (TPSA) is 63.9 Å². The summed E-state index contributed by atoms with van der Waals surface area (Å²) in [5.41, 5.74) is 1.16. The number of fused-ring (bicyclic) bond motifs is 1. The first-order valence-corrected chi connectivity index (χ1v) is 7.91. The summed E-state index contributed by atoms with van der Waals surface area (Å²) in [6.07, 6.45) is 6.87. The second-order valence-corrected chi connectivity index (χ2v) is 5.98. The Kier molecular flexibility index (Phi) is 3.68. The highest BCUT2D eigenvalue weighted by Crippen LogP contribution is 2.23. The summed E-state index contributed by atoms with van der Waals surface area (Å²) in [6, 6.07) is 6.17. The zero-order valence-corrected chi connectivity index (χ0v) is 13.0. The minimum atomic E-state index is -0.334. The molecular weight excluding hydrogens is 309 g/mol. The van der Waals surface area contributed by atoms with Gasteiger partial charge in [-0.15, -0.1) is 5.10 Å². The maximum absolute atomic E-state index is 13.4. The van der Waals surface area contributed by atoms with Crippen molar-refractivity contribution >= 4 is 16.8 Å². The molecule has 0 saturated carbocycles. The first kappa shape index (κ1) is 14.7. The Labute approximate surface area is 137 Å². The van der Waals surface area contributed by atoms with Crippen molar-refractivity contribution in [1.82, 2.24) is 24.9 Å². The monoisotopic (exact) mass is 325 g/mol. The van der Waals surface area contributed by atoms with Gasteiger partial charge in [0.1, 0.15) is 5.82 Å². The lowest BCUT2D eigenvalue weighted by molar-refractivity contribution is 0.0721. The molecule has 1 aliphatic rings. The molecule has 122 valence electrons. The van der Waals surface area contributed by atoms with Gasteiger partial charge in [0.15, 0.2) is 0 Å². The number of aromatic nitrogens is 4. The van der Waals surface area contributed by atoms with Gasteiger partial charge < -0.3 is 4.90 Å². The predicted octanol–water partition coefficient (Wildman–Crippen LogP) is 2.27. The largest absolute Gasteiger partial charge is 0.334 e. The van der Waals surface area contributed by atoms with Gasteiger partial charge in [-0.2, -0.15) is 0 Å². The molecular formula is C17H16FN5O. The van der Waals surface area contributed by atoms with Gasteiger partial charge in [-0.3, -0.25) is 14.5 Å². The zero-order chi connectivity index (χ0) is 16.5. The third-order valence-electron chi connectivity index (χ3n) is 4.40. The quantitative estimate of drug-likeness (QED) is 0.741. The van der Waals surface area contributed by atoms with E-state index in [1.54, 1.807) is 35.4 Å². The Morgan fingerprint density at radius 3 is 3.08 bits per heavy atom. The molecule has 1 aromatic carbocycles. The molecule has 0 bridgehead atoms. The number of benzene rings is 1. The lowest BCUT2D eigenvalue weighted by atomic mass is 10.1. The summed E-state index contributed by atoms with van der Waals surface area (Å²) in [4.78, 5) is 19.0. The fourth-order valence-corrected chi connectivity index (χ4v) is 3.22. The molecule has 0 unspecified atom stereocenters. The lowest BCUT2D eigenvalue weighted by Crippen LogP contribution is -2.38. The highest BCUT2D eigenvalue weighted by Gasteiger charge is 2.30. The first-order valence-electron chi connectivity index (χ1n) is 7.91. The van der Waals surface area contributed by atoms with Crippen LogP contribution in [0, 0.1) is 5.82 Å². The summed E-state index contributed by atoms with van der Waals surface area (Å²) in [5, 5.41) is 8.40. The van der Waals surface area contributed by atoms with E-state index in [2.05, 4.69) is 15.3 Å². The van der Waals surface area contributed by atoms with Crippen LogP contribution in [0.4, 0.5) is 4.39 Å². The predicted molar refractivity (Wildman–Crippen MR) is 85.8 cm³/mol. The number of hydrogen-bond acceptors (Lipinski definition) is 4. The Bertz CT molecular complexity index is 880. The van der Waals surface area contributed by atoms with Crippen molar-refractivity contribution in [3.63, 3.8) is 0 Å². The molecule has 6 nitrogen and oxygen atoms in total. The molecule has 4 rings (SSSR count). The number of likely N-dealkylation sites (tertiary alicyclic amines) is 1. The number of carbonyl (C=O) groups is 1. The van der Waals surface area contributed by atoms with Crippen molar-refractivity contribution in [2.45, 2.75) is 25.4 Å². The van der Waals surface area contributed by atoms with Crippen molar-refractivity contribution in [2.75, 3.05) is 6.54 Å². The van der Waals surface area contributed by atoms with Crippen LogP contribution in [0.25, 0.3) is 10.9 Å². The van der Waals surface area contributed by atoms with Crippen LogP contribution in [0.1, 0.15) is 23.2 Å². The standard InChI is InChI=1S/C17H16FN5O/c18-14-3-4-16-12(9-14)8-13(10-19-16)17(24)23-6-1-2-15(23)11-22-7-5-20-21-22/h3-5,7-10,15H,1-2,6,11H2/t15-/m0/s1. The van der Waals surface area contributed by atoms with Crippen molar-refractivity contribution in [1.29, 1.82) is 0 Å². The Balaban J connectivity index is 1.60. The van der Waals surface area contributed by atoms with E-state index >= 15 is 0 Å². The number of rotatable bonds is 3. The second-order valence-electron chi connectivity index (χ2n) is 5.98. The summed E-state index contributed by atoms with van der Waals surface area (Å²) in [5.74, 6) is -0.407. The van der Waals surface area contributed by atoms with Crippen molar-refractivity contribution in [2.24, 2.45) is 0 Å². The highest BCUT2D eigenvalue weighted by atomic mass is 19.1. The molecule has 1 atom stereocenters. The molecule has 7 heteroatoms. The number of carbonyl (C=O) groups excluding carboxylic acids is 1. The molecule has 0 spiro atoms. The fourth-order valence-electron chi connectivity index (χ4n) is 3.22. The maximum Gasteiger partial charge on any atom is 0.255 e. The molecule has 1 aliphatic heterocycles. The van der Waals surface area contributed by atoms with Gasteiger partial charge in [0.05, 0.1) is 29.9 Å². The van der Waals surface area contributed by atoms with E-state index in [1.807, 2.05) is 4.90 Å². The maximum atomic E-state index is 13.4. The van der Waals surface area contributed by atoms with Crippen LogP contribution >= 0.6 is 0 Å². The van der Waals surface area contributed by atoms with E-state index in [-0.39, 0.29) is 17.8 Å². The van der Waals surface area contributed by atoms with Crippen LogP contribution in [0.3, 0.4) is 0 Å². The molecule has 0 aliphatic carbocycles. The summed E-state index contributed by atoms with van der Waals surface area (Å²) >= 11 is 0. The molecule has 3 aromatic rings. The summed E-state index contributed by atoms with van der Waals surface area (Å²) in [7, 11) is 0. The van der Waals surface area contributed by atoms with Crippen LogP contribution < -0.4 is 0 Å². The third kappa shape index (κ3) is 2.73. The van der Waals surface area contributed by atoms with E-state index in [1.165, 1.54) is 12.1 Å². The SMILES string of the molecule is O=C(c1cnc2ccc(F)cc2c1)N1CCC[C@H]1Cn1ccnn1. The molecule has 2 aromatic heterocycles. The number of nitrogens with zero attached hydrogens (tertiary/aromatic N) is 5. The third-order valence-corrected chi connectivity index (χ3v) is 4.40. The summed E-state index contributed by atoms with van der Waals surface area (Å²) < 4.78 is 15.1. The smallest absolute Gasteiger partial charge is 0.255 e. The van der Waals surface area contributed by atoms with Crippen molar-refractivity contribution < 1.29 is 9.18 Å². The van der Waals surface area contributed by atoms with Crippen LogP contribution in [-0.2, 0) is 6.54 Å². The van der Waals surface area contributed by atoms with Gasteiger partial charge in [-0.1, -0.05) is 5.21 Å².